The van der Waals surface area contributed by atoms with Gasteiger partial charge in [0.05, 0.1) is 10.6 Å². The van der Waals surface area contributed by atoms with Crippen LogP contribution in [0.25, 0.3) is 0 Å². The van der Waals surface area contributed by atoms with Gasteiger partial charge in [0.1, 0.15) is 18.4 Å². The van der Waals surface area contributed by atoms with Crippen LogP contribution in [0.1, 0.15) is 47.9 Å². The molecule has 0 aliphatic heterocycles. The number of hydrogen-bond acceptors (Lipinski definition) is 4. The number of carbonyl (C=O) groups excluding carboxylic acids is 2. The number of nitrogens with one attached hydrogen (secondary N) is 1. The monoisotopic (exact) mass is 675 g/mol. The van der Waals surface area contributed by atoms with Crippen molar-refractivity contribution in [2.24, 2.45) is 0 Å². The summed E-state index contributed by atoms with van der Waals surface area (Å²) in [6.45, 7) is 2.97. The van der Waals surface area contributed by atoms with Crippen molar-refractivity contribution in [2.75, 3.05) is 10.8 Å². The predicted molar refractivity (Wildman–Crippen MR) is 183 cm³/mol. The lowest BCUT2D eigenvalue weighted by Gasteiger charge is -2.34. The third-order valence-electron chi connectivity index (χ3n) is 8.55. The molecule has 246 valence electrons. The summed E-state index contributed by atoms with van der Waals surface area (Å²) in [5, 5.41) is 3.58. The van der Waals surface area contributed by atoms with Gasteiger partial charge in [-0.1, -0.05) is 84.6 Å². The van der Waals surface area contributed by atoms with Crippen molar-refractivity contribution in [1.82, 2.24) is 10.2 Å². The highest BCUT2D eigenvalue weighted by Gasteiger charge is 2.36. The summed E-state index contributed by atoms with van der Waals surface area (Å²) in [4.78, 5) is 30.1. The molecule has 0 bridgehead atoms. The standard InChI is InChI=1S/C37H39ClFN3O4S/c1-26-12-19-33(20-13-26)47(45,46)42(34-21-16-30(38)22-27(34)2)25-36(43)41(24-29-14-17-31(39)18-15-29)35(23-28-8-4-3-5-9-28)37(44)40-32-10-6-7-11-32/h3-5,8-9,12-22,32,35H,6-7,10-11,23-25H2,1-2H3,(H,40,44). The second kappa shape index (κ2) is 15.1. The topological polar surface area (TPSA) is 86.8 Å². The van der Waals surface area contributed by atoms with Crippen LogP contribution < -0.4 is 9.62 Å². The largest absolute Gasteiger partial charge is 0.352 e. The number of anilines is 1. The second-order valence-corrected chi connectivity index (χ2v) is 14.4. The minimum Gasteiger partial charge on any atom is -0.352 e. The molecule has 4 aromatic rings. The molecule has 47 heavy (non-hydrogen) atoms. The summed E-state index contributed by atoms with van der Waals surface area (Å²) < 4.78 is 43.5. The van der Waals surface area contributed by atoms with Gasteiger partial charge in [-0.3, -0.25) is 13.9 Å². The van der Waals surface area contributed by atoms with Gasteiger partial charge in [-0.25, -0.2) is 12.8 Å². The van der Waals surface area contributed by atoms with Gasteiger partial charge < -0.3 is 10.2 Å². The first kappa shape index (κ1) is 34.1. The first-order chi connectivity index (χ1) is 22.5. The number of amides is 2. The predicted octanol–water partition coefficient (Wildman–Crippen LogP) is 6.99. The zero-order valence-electron chi connectivity index (χ0n) is 26.5. The Hall–Kier alpha value is -4.21. The zero-order valence-corrected chi connectivity index (χ0v) is 28.1. The highest BCUT2D eigenvalue weighted by Crippen LogP contribution is 2.30. The highest BCUT2D eigenvalue weighted by molar-refractivity contribution is 7.92. The molecule has 5 rings (SSSR count). The van der Waals surface area contributed by atoms with E-state index >= 15 is 0 Å². The molecule has 1 unspecified atom stereocenters. The van der Waals surface area contributed by atoms with E-state index in [-0.39, 0.29) is 29.8 Å². The molecule has 1 aliphatic rings. The normalized spacial score (nSPS) is 14.0. The van der Waals surface area contributed by atoms with Gasteiger partial charge in [-0.05, 0) is 85.8 Å². The Labute approximate surface area is 281 Å². The molecule has 0 aromatic heterocycles. The van der Waals surface area contributed by atoms with Crippen LogP contribution in [0.2, 0.25) is 5.02 Å². The van der Waals surface area contributed by atoms with E-state index in [0.29, 0.717) is 21.8 Å². The fraction of sp³-hybridized carbons (Fsp3) is 0.297. The highest BCUT2D eigenvalue weighted by atomic mass is 35.5. The molecule has 10 heteroatoms. The summed E-state index contributed by atoms with van der Waals surface area (Å²) in [6, 6.07) is 25.4. The third kappa shape index (κ3) is 8.58. The van der Waals surface area contributed by atoms with Gasteiger partial charge in [0.25, 0.3) is 10.0 Å². The van der Waals surface area contributed by atoms with Crippen LogP contribution in [-0.4, -0.2) is 43.8 Å². The minimum atomic E-state index is -4.24. The lowest BCUT2D eigenvalue weighted by molar-refractivity contribution is -0.140. The molecular weight excluding hydrogens is 637 g/mol. The van der Waals surface area contributed by atoms with E-state index in [1.165, 1.54) is 29.2 Å². The SMILES string of the molecule is Cc1ccc(S(=O)(=O)N(CC(=O)N(Cc2ccc(F)cc2)C(Cc2ccccc2)C(=O)NC2CCCC2)c2ccc(Cl)cc2C)cc1. The molecule has 1 atom stereocenters. The number of rotatable bonds is 12. The number of hydrogen-bond donors (Lipinski definition) is 1. The fourth-order valence-corrected chi connectivity index (χ4v) is 7.66. The van der Waals surface area contributed by atoms with E-state index < -0.39 is 34.3 Å². The minimum absolute atomic E-state index is 0.00123. The van der Waals surface area contributed by atoms with Crippen LogP contribution in [0.4, 0.5) is 10.1 Å². The molecule has 1 fully saturated rings. The van der Waals surface area contributed by atoms with Gasteiger partial charge in [0.15, 0.2) is 0 Å². The van der Waals surface area contributed by atoms with Gasteiger partial charge in [0, 0.05) is 24.0 Å². The van der Waals surface area contributed by atoms with Crippen LogP contribution in [-0.2, 0) is 32.6 Å². The average Bonchev–Trinajstić information content (AvgIpc) is 3.56. The van der Waals surface area contributed by atoms with E-state index in [1.54, 1.807) is 49.4 Å². The molecule has 4 aromatic carbocycles. The molecule has 0 heterocycles. The number of halogens is 2. The van der Waals surface area contributed by atoms with Crippen LogP contribution in [0.15, 0.2) is 102 Å². The van der Waals surface area contributed by atoms with E-state index in [0.717, 1.165) is 41.1 Å². The van der Waals surface area contributed by atoms with Gasteiger partial charge in [-0.15, -0.1) is 0 Å². The molecular formula is C37H39ClFN3O4S. The smallest absolute Gasteiger partial charge is 0.264 e. The van der Waals surface area contributed by atoms with Crippen molar-refractivity contribution in [3.8, 4) is 0 Å². The van der Waals surface area contributed by atoms with Crippen LogP contribution in [0, 0.1) is 19.7 Å². The molecule has 0 saturated heterocycles. The molecule has 1 aliphatic carbocycles. The van der Waals surface area contributed by atoms with E-state index in [4.69, 9.17) is 11.6 Å². The second-order valence-electron chi connectivity index (χ2n) is 12.1. The Kier molecular flexibility index (Phi) is 11.0. The molecule has 0 spiro atoms. The van der Waals surface area contributed by atoms with Crippen LogP contribution in [0.5, 0.6) is 0 Å². The first-order valence-electron chi connectivity index (χ1n) is 15.7. The maximum absolute atomic E-state index is 14.6. The van der Waals surface area contributed by atoms with Crippen LogP contribution >= 0.6 is 11.6 Å². The van der Waals surface area contributed by atoms with Crippen LogP contribution in [0.3, 0.4) is 0 Å². The van der Waals surface area contributed by atoms with E-state index in [2.05, 4.69) is 5.32 Å². The summed E-state index contributed by atoms with van der Waals surface area (Å²) in [5.74, 6) is -1.33. The van der Waals surface area contributed by atoms with Gasteiger partial charge >= 0.3 is 0 Å². The fourth-order valence-electron chi connectivity index (χ4n) is 5.96. The lowest BCUT2D eigenvalue weighted by atomic mass is 10.0. The van der Waals surface area contributed by atoms with Gasteiger partial charge in [-0.2, -0.15) is 0 Å². The van der Waals surface area contributed by atoms with Crippen molar-refractivity contribution in [3.63, 3.8) is 0 Å². The number of carbonyl (C=O) groups is 2. The summed E-state index contributed by atoms with van der Waals surface area (Å²) in [5.41, 5.74) is 3.18. The Morgan fingerprint density at radius 2 is 1.55 bits per heavy atom. The Morgan fingerprint density at radius 1 is 0.894 bits per heavy atom. The average molecular weight is 676 g/mol. The Balaban J connectivity index is 1.58. The van der Waals surface area contributed by atoms with E-state index in [1.807, 2.05) is 37.3 Å². The van der Waals surface area contributed by atoms with Crippen molar-refractivity contribution in [3.05, 3.63) is 130 Å². The van der Waals surface area contributed by atoms with E-state index in [9.17, 15) is 22.4 Å². The third-order valence-corrected chi connectivity index (χ3v) is 10.6. The Bertz CT molecular complexity index is 1800. The number of benzene rings is 4. The first-order valence-corrected chi connectivity index (χ1v) is 17.6. The van der Waals surface area contributed by atoms with Gasteiger partial charge in [0.2, 0.25) is 11.8 Å². The van der Waals surface area contributed by atoms with Crippen molar-refractivity contribution >= 4 is 39.1 Å². The number of nitrogens with zero attached hydrogens (tertiary/aromatic N) is 2. The molecule has 2 amide bonds. The van der Waals surface area contributed by atoms with Crippen molar-refractivity contribution in [1.29, 1.82) is 0 Å². The molecule has 1 N–H and O–H groups in total. The molecule has 1 saturated carbocycles. The number of aryl methyl sites for hydroxylation is 2. The van der Waals surface area contributed by atoms with Crippen molar-refractivity contribution in [2.45, 2.75) is 69.5 Å². The maximum atomic E-state index is 14.6. The maximum Gasteiger partial charge on any atom is 0.264 e. The quantitative estimate of drug-likeness (QED) is 0.175. The lowest BCUT2D eigenvalue weighted by Crippen LogP contribution is -2.54. The molecule has 7 nitrogen and oxygen atoms in total. The summed E-state index contributed by atoms with van der Waals surface area (Å²) >= 11 is 6.24. The zero-order chi connectivity index (χ0) is 33.6. The molecule has 0 radical (unpaired) electrons. The summed E-state index contributed by atoms with van der Waals surface area (Å²) in [7, 11) is -4.24. The number of sulfonamides is 1. The Morgan fingerprint density at radius 3 is 2.19 bits per heavy atom. The summed E-state index contributed by atoms with van der Waals surface area (Å²) in [6.07, 6.45) is 3.94. The van der Waals surface area contributed by atoms with Crippen molar-refractivity contribution < 1.29 is 22.4 Å².